The number of aliphatic hydroxyl groups is 1. The second kappa shape index (κ2) is 10.3. The Balaban J connectivity index is 2.05. The second-order valence-corrected chi connectivity index (χ2v) is 8.12. The molecule has 1 atom stereocenters. The van der Waals surface area contributed by atoms with Gasteiger partial charge in [0.2, 0.25) is 0 Å². The Hall–Kier alpha value is -3.32. The molecular formula is C25H30N2O5. The highest BCUT2D eigenvalue weighted by Crippen LogP contribution is 2.40. The molecule has 0 spiro atoms. The Bertz CT molecular complexity index is 998. The topological polar surface area (TPSA) is 90.3 Å². The number of aromatic hydroxyl groups is 1. The van der Waals surface area contributed by atoms with Crippen LogP contribution in [0.4, 0.5) is 0 Å². The Morgan fingerprint density at radius 2 is 1.84 bits per heavy atom. The summed E-state index contributed by atoms with van der Waals surface area (Å²) in [6, 6.07) is 12.5. The van der Waals surface area contributed by atoms with Crippen molar-refractivity contribution in [3.8, 4) is 11.5 Å². The number of ether oxygens (including phenoxy) is 1. The maximum absolute atomic E-state index is 13.0. The molecule has 32 heavy (non-hydrogen) atoms. The molecule has 170 valence electrons. The summed E-state index contributed by atoms with van der Waals surface area (Å²) in [4.78, 5) is 29.5. The van der Waals surface area contributed by atoms with Gasteiger partial charge in [0.15, 0.2) is 0 Å². The van der Waals surface area contributed by atoms with Gasteiger partial charge in [-0.15, -0.1) is 0 Å². The highest BCUT2D eigenvalue weighted by atomic mass is 16.5. The predicted molar refractivity (Wildman–Crippen MR) is 123 cm³/mol. The normalized spacial score (nSPS) is 17.9. The first-order valence-electron chi connectivity index (χ1n) is 10.8. The van der Waals surface area contributed by atoms with E-state index in [-0.39, 0.29) is 17.1 Å². The van der Waals surface area contributed by atoms with Crippen LogP contribution >= 0.6 is 0 Å². The van der Waals surface area contributed by atoms with Crippen molar-refractivity contribution in [3.05, 3.63) is 65.2 Å². The van der Waals surface area contributed by atoms with Gasteiger partial charge in [0.25, 0.3) is 11.7 Å². The minimum Gasteiger partial charge on any atom is -0.508 e. The van der Waals surface area contributed by atoms with E-state index < -0.39 is 17.7 Å². The van der Waals surface area contributed by atoms with Gasteiger partial charge in [-0.2, -0.15) is 0 Å². The Morgan fingerprint density at radius 1 is 1.12 bits per heavy atom. The number of aliphatic hydroxyl groups excluding tert-OH is 1. The Labute approximate surface area is 188 Å². The number of phenols is 1. The van der Waals surface area contributed by atoms with Crippen LogP contribution in [0.3, 0.4) is 0 Å². The lowest BCUT2D eigenvalue weighted by molar-refractivity contribution is -0.139. The lowest BCUT2D eigenvalue weighted by Gasteiger charge is -2.26. The van der Waals surface area contributed by atoms with Crippen LogP contribution in [0, 0.1) is 0 Å². The summed E-state index contributed by atoms with van der Waals surface area (Å²) < 4.78 is 5.65. The van der Waals surface area contributed by atoms with Crippen molar-refractivity contribution in [2.24, 2.45) is 0 Å². The fraction of sp³-hybridized carbons (Fsp3) is 0.360. The third kappa shape index (κ3) is 5.11. The zero-order chi connectivity index (χ0) is 23.3. The van der Waals surface area contributed by atoms with Crippen molar-refractivity contribution in [3.63, 3.8) is 0 Å². The van der Waals surface area contributed by atoms with Crippen LogP contribution in [0.15, 0.2) is 54.1 Å². The molecule has 1 aliphatic rings. The van der Waals surface area contributed by atoms with Gasteiger partial charge < -0.3 is 24.7 Å². The molecule has 0 aliphatic carbocycles. The van der Waals surface area contributed by atoms with Gasteiger partial charge in [0.1, 0.15) is 17.3 Å². The van der Waals surface area contributed by atoms with Crippen LogP contribution in [0.25, 0.3) is 5.76 Å². The van der Waals surface area contributed by atoms with E-state index in [9.17, 15) is 19.8 Å². The fourth-order valence-electron chi connectivity index (χ4n) is 3.78. The first kappa shape index (κ1) is 23.3. The minimum atomic E-state index is -0.738. The number of amides is 1. The highest BCUT2D eigenvalue weighted by molar-refractivity contribution is 6.46. The predicted octanol–water partition coefficient (Wildman–Crippen LogP) is 3.55. The molecule has 0 saturated carbocycles. The quantitative estimate of drug-likeness (QED) is 0.354. The number of nitrogens with zero attached hydrogens (tertiary/aromatic N) is 2. The second-order valence-electron chi connectivity index (χ2n) is 8.12. The lowest BCUT2D eigenvalue weighted by atomic mass is 9.95. The molecule has 0 aromatic heterocycles. The van der Waals surface area contributed by atoms with Gasteiger partial charge >= 0.3 is 0 Å². The number of carbonyl (C=O) groups is 2. The van der Waals surface area contributed by atoms with Crippen LogP contribution in [-0.2, 0) is 9.59 Å². The van der Waals surface area contributed by atoms with Crippen LogP contribution < -0.4 is 4.74 Å². The molecule has 2 N–H and O–H groups in total. The van der Waals surface area contributed by atoms with Crippen molar-refractivity contribution in [1.82, 2.24) is 9.80 Å². The number of rotatable bonds is 9. The SMILES string of the molecule is CCCOc1cccc(C(O)=C2C(=O)C(=O)N(CCCN(C)C)C2c2ccc(O)cc2)c1. The molecule has 2 aromatic rings. The number of phenolic OH excluding ortho intramolecular Hbond substituents is 1. The molecule has 1 amide bonds. The monoisotopic (exact) mass is 438 g/mol. The number of likely N-dealkylation sites (tertiary alicyclic amines) is 1. The van der Waals surface area contributed by atoms with E-state index in [2.05, 4.69) is 0 Å². The molecule has 1 saturated heterocycles. The third-order valence-electron chi connectivity index (χ3n) is 5.33. The number of carbonyl (C=O) groups excluding carboxylic acids is 2. The van der Waals surface area contributed by atoms with Crippen molar-refractivity contribution >= 4 is 17.4 Å². The van der Waals surface area contributed by atoms with E-state index in [0.29, 0.717) is 36.4 Å². The summed E-state index contributed by atoms with van der Waals surface area (Å²) in [6.45, 7) is 3.65. The highest BCUT2D eigenvalue weighted by Gasteiger charge is 2.45. The molecule has 7 heteroatoms. The Morgan fingerprint density at radius 3 is 2.50 bits per heavy atom. The van der Waals surface area contributed by atoms with E-state index in [1.807, 2.05) is 25.9 Å². The number of ketones is 1. The molecule has 0 radical (unpaired) electrons. The molecule has 0 bridgehead atoms. The van der Waals surface area contributed by atoms with Crippen molar-refractivity contribution < 1.29 is 24.5 Å². The van der Waals surface area contributed by atoms with Crippen LogP contribution in [0.2, 0.25) is 0 Å². The van der Waals surface area contributed by atoms with Gasteiger partial charge in [0, 0.05) is 12.1 Å². The maximum Gasteiger partial charge on any atom is 0.295 e. The standard InChI is InChI=1S/C25H30N2O5/c1-4-15-32-20-8-5-7-18(16-20)23(29)21-22(17-9-11-19(28)12-10-17)27(25(31)24(21)30)14-6-13-26(2)3/h5,7-12,16,22,28-29H,4,6,13-15H2,1-3H3. The first-order valence-corrected chi connectivity index (χ1v) is 10.8. The summed E-state index contributed by atoms with van der Waals surface area (Å²) in [5, 5.41) is 20.8. The lowest BCUT2D eigenvalue weighted by Crippen LogP contribution is -2.32. The fourth-order valence-corrected chi connectivity index (χ4v) is 3.78. The van der Waals surface area contributed by atoms with E-state index in [1.165, 1.54) is 17.0 Å². The Kier molecular flexibility index (Phi) is 7.53. The van der Waals surface area contributed by atoms with Crippen LogP contribution in [0.5, 0.6) is 11.5 Å². The smallest absolute Gasteiger partial charge is 0.295 e. The number of benzene rings is 2. The summed E-state index contributed by atoms with van der Waals surface area (Å²) in [5.41, 5.74) is 1.10. The molecule has 7 nitrogen and oxygen atoms in total. The van der Waals surface area contributed by atoms with Gasteiger partial charge in [-0.3, -0.25) is 9.59 Å². The minimum absolute atomic E-state index is 0.0400. The van der Waals surface area contributed by atoms with E-state index >= 15 is 0 Å². The van der Waals surface area contributed by atoms with Crippen molar-refractivity contribution in [1.29, 1.82) is 0 Å². The third-order valence-corrected chi connectivity index (χ3v) is 5.33. The summed E-state index contributed by atoms with van der Waals surface area (Å²) in [7, 11) is 3.89. The number of hydrogen-bond acceptors (Lipinski definition) is 6. The summed E-state index contributed by atoms with van der Waals surface area (Å²) >= 11 is 0. The van der Waals surface area contributed by atoms with Crippen LogP contribution in [-0.4, -0.2) is 65.5 Å². The molecular weight excluding hydrogens is 408 g/mol. The van der Waals surface area contributed by atoms with Crippen molar-refractivity contribution in [2.45, 2.75) is 25.8 Å². The summed E-state index contributed by atoms with van der Waals surface area (Å²) in [6.07, 6.45) is 1.52. The average molecular weight is 439 g/mol. The van der Waals surface area contributed by atoms with Gasteiger partial charge in [-0.1, -0.05) is 31.2 Å². The van der Waals surface area contributed by atoms with E-state index in [4.69, 9.17) is 4.74 Å². The van der Waals surface area contributed by atoms with Gasteiger partial charge in [-0.05, 0) is 63.3 Å². The number of Topliss-reactive ketones (excluding diaryl/α,β-unsaturated/α-hetero) is 1. The largest absolute Gasteiger partial charge is 0.508 e. The maximum atomic E-state index is 13.0. The number of hydrogen-bond donors (Lipinski definition) is 2. The van der Waals surface area contributed by atoms with E-state index in [0.717, 1.165) is 13.0 Å². The zero-order valence-electron chi connectivity index (χ0n) is 18.7. The molecule has 1 aliphatic heterocycles. The van der Waals surface area contributed by atoms with Crippen molar-refractivity contribution in [2.75, 3.05) is 33.8 Å². The molecule has 3 rings (SSSR count). The molecule has 1 fully saturated rings. The van der Waals surface area contributed by atoms with Gasteiger partial charge in [0.05, 0.1) is 18.2 Å². The molecule has 1 heterocycles. The van der Waals surface area contributed by atoms with E-state index in [1.54, 1.807) is 36.4 Å². The zero-order valence-corrected chi connectivity index (χ0v) is 18.7. The van der Waals surface area contributed by atoms with Gasteiger partial charge in [-0.25, -0.2) is 0 Å². The first-order chi connectivity index (χ1) is 15.3. The van der Waals surface area contributed by atoms with Crippen LogP contribution in [0.1, 0.15) is 36.9 Å². The average Bonchev–Trinajstić information content (AvgIpc) is 3.02. The molecule has 2 aromatic carbocycles. The summed E-state index contributed by atoms with van der Waals surface area (Å²) in [5.74, 6) is -0.929. The molecule has 1 unspecified atom stereocenters.